The van der Waals surface area contributed by atoms with E-state index in [-0.39, 0.29) is 41.4 Å². The Balaban J connectivity index is 1.53. The molecule has 1 unspecified atom stereocenters. The molecule has 0 amide bonds. The van der Waals surface area contributed by atoms with E-state index >= 15 is 0 Å². The Labute approximate surface area is 388 Å². The van der Waals surface area contributed by atoms with E-state index in [0.717, 1.165) is 4.90 Å². The van der Waals surface area contributed by atoms with Gasteiger partial charge in [-0.25, -0.2) is 0 Å². The second-order valence-corrected chi connectivity index (χ2v) is 46.3. The van der Waals surface area contributed by atoms with E-state index in [1.807, 2.05) is 0 Å². The van der Waals surface area contributed by atoms with Crippen molar-refractivity contribution in [3.8, 4) is 0 Å². The molecule has 1 aromatic carbocycles. The van der Waals surface area contributed by atoms with Gasteiger partial charge in [0.15, 0.2) is 12.8 Å². The predicted molar refractivity (Wildman–Crippen MR) is 260 cm³/mol. The topological polar surface area (TPSA) is 118 Å². The van der Waals surface area contributed by atoms with Crippen LogP contribution in [-0.4, -0.2) is 83.3 Å². The van der Waals surface area contributed by atoms with E-state index in [0.29, 0.717) is 55.1 Å². The molecular formula is C41H81N2O12Si8+. The van der Waals surface area contributed by atoms with Crippen molar-refractivity contribution < 1.29 is 54.3 Å². The maximum Gasteiger partial charge on any atom is 0.537 e. The van der Waals surface area contributed by atoms with Crippen LogP contribution in [0.1, 0.15) is 114 Å². The van der Waals surface area contributed by atoms with E-state index in [1.165, 1.54) is 22.4 Å². The molecule has 7 aliphatic rings. The minimum Gasteiger partial charge on any atom is -0.373 e. The maximum absolute atomic E-state index is 8.03. The third-order valence-electron chi connectivity index (χ3n) is 11.6. The summed E-state index contributed by atoms with van der Waals surface area (Å²) < 4.78 is 95.2. The Kier molecular flexibility index (Phi) is 14.8. The normalized spacial score (nSPS) is 38.9. The summed E-state index contributed by atoms with van der Waals surface area (Å²) in [6, 6.07) is 7.85. The van der Waals surface area contributed by atoms with Crippen LogP contribution < -0.4 is 9.80 Å². The Morgan fingerprint density at radius 3 is 0.889 bits per heavy atom. The van der Waals surface area contributed by atoms with Crippen LogP contribution in [0.15, 0.2) is 24.5 Å². The van der Waals surface area contributed by atoms with Crippen LogP contribution >= 0.6 is 0 Å². The Morgan fingerprint density at radius 2 is 0.651 bits per heavy atom. The molecule has 0 saturated carbocycles. The fourth-order valence-electron chi connectivity index (χ4n) is 10.5. The van der Waals surface area contributed by atoms with Crippen molar-refractivity contribution in [2.75, 3.05) is 17.7 Å². The first-order valence-electron chi connectivity index (χ1n) is 23.9. The standard InChI is InChI=1S/C41H80N2O12Si8/c1-31(2)22-56-44-57(23-32(3)4)47-60(26-35(9)10)49-58(45-56,24-33(5)6)51-62(28-37(13)14)52-59(46-56,25-34(7)8)50-61(48-57,27-36(11)12)54-63(53-60,55-62)30-42-18-19-43(29-42)41-39(16)20-38(15)21-40(41)17/h18-21,31-37H,22-30H2,1-17H3/p+1. The number of hydrogen-bond donors (Lipinski definition) is 1. The lowest BCUT2D eigenvalue weighted by Crippen LogP contribution is -3.11. The molecule has 22 heteroatoms. The molecule has 8 bridgehead atoms. The molecular weight excluding hydrogens is 937 g/mol. The van der Waals surface area contributed by atoms with E-state index in [1.54, 1.807) is 0 Å². The number of rotatable bonds is 17. The van der Waals surface area contributed by atoms with Gasteiger partial charge < -0.3 is 49.4 Å². The summed E-state index contributed by atoms with van der Waals surface area (Å²) >= 11 is 0. The molecule has 7 aliphatic heterocycles. The summed E-state index contributed by atoms with van der Waals surface area (Å²) in [7, 11) is -32.0. The number of quaternary nitrogens is 1. The number of aryl methyl sites for hydroxylation is 3. The second-order valence-electron chi connectivity index (χ2n) is 22.4. The van der Waals surface area contributed by atoms with Crippen LogP contribution in [0.25, 0.3) is 0 Å². The number of benzene rings is 1. The lowest BCUT2D eigenvalue weighted by atomic mass is 10.0. The molecule has 6 fully saturated rings. The molecule has 7 heterocycles. The number of nitrogens with one attached hydrogen (secondary N) is 1. The van der Waals surface area contributed by atoms with Crippen molar-refractivity contribution in [3.63, 3.8) is 0 Å². The van der Waals surface area contributed by atoms with Gasteiger partial charge in [0, 0.05) is 42.3 Å². The SMILES string of the molecule is Cc1cc(C)c(N2C=C[NH+](C[Si]34O[Si]5(CC(C)C)O[Si]6(CC(C)C)O[Si]7(CC(C)C)O[Si](CC(C)C)(O5)O[Si](CC(C)C)(O[Si](CC(C)C)(O7)O[Si](CC(C)C)(O6)O3)O4)C2)c(C)c1. The van der Waals surface area contributed by atoms with E-state index in [9.17, 15) is 0 Å². The highest BCUT2D eigenvalue weighted by Crippen LogP contribution is 2.55. The van der Waals surface area contributed by atoms with Crippen LogP contribution in [0.2, 0.25) is 42.3 Å². The van der Waals surface area contributed by atoms with Gasteiger partial charge in [-0.15, -0.1) is 0 Å². The molecule has 0 spiro atoms. The Hall–Kier alpha value is -0.0249. The van der Waals surface area contributed by atoms with Gasteiger partial charge in [0.2, 0.25) is 0 Å². The van der Waals surface area contributed by atoms with Gasteiger partial charge >= 0.3 is 70.4 Å². The van der Waals surface area contributed by atoms with Crippen LogP contribution in [0.4, 0.5) is 5.69 Å². The van der Waals surface area contributed by atoms with Crippen molar-refractivity contribution in [1.82, 2.24) is 0 Å². The quantitative estimate of drug-likeness (QED) is 0.150. The number of anilines is 1. The lowest BCUT2D eigenvalue weighted by Gasteiger charge is -2.63. The van der Waals surface area contributed by atoms with Crippen molar-refractivity contribution in [2.45, 2.75) is 160 Å². The highest BCUT2D eigenvalue weighted by atomic mass is 28.6. The smallest absolute Gasteiger partial charge is 0.373 e. The van der Waals surface area contributed by atoms with Crippen LogP contribution in [0, 0.1) is 62.2 Å². The first kappa shape index (κ1) is 50.8. The molecule has 63 heavy (non-hydrogen) atoms. The lowest BCUT2D eigenvalue weighted by molar-refractivity contribution is -0.831. The van der Waals surface area contributed by atoms with Crippen LogP contribution in [0.3, 0.4) is 0 Å². The molecule has 1 aromatic rings. The molecule has 0 aliphatic carbocycles. The highest BCUT2D eigenvalue weighted by molar-refractivity contribution is 7.03. The third kappa shape index (κ3) is 11.2. The maximum atomic E-state index is 8.03. The molecule has 0 aromatic heterocycles. The third-order valence-corrected chi connectivity index (χ3v) is 51.5. The average molecular weight is 1020 g/mol. The second kappa shape index (κ2) is 18.4. The van der Waals surface area contributed by atoms with Gasteiger partial charge in [0.1, 0.15) is 6.20 Å². The molecule has 1 atom stereocenters. The largest absolute Gasteiger partial charge is 0.537 e. The summed E-state index contributed by atoms with van der Waals surface area (Å²) in [5, 5.41) is 0. The van der Waals surface area contributed by atoms with Gasteiger partial charge in [-0.2, -0.15) is 0 Å². The zero-order valence-corrected chi connectivity index (χ0v) is 49.6. The fraction of sp³-hybridized carbons (Fsp3) is 0.805. The van der Waals surface area contributed by atoms with E-state index < -0.39 is 70.4 Å². The van der Waals surface area contributed by atoms with Crippen LogP contribution in [-0.2, 0) is 49.4 Å². The molecule has 1 N–H and O–H groups in total. The molecule has 6 saturated heterocycles. The molecule has 358 valence electrons. The van der Waals surface area contributed by atoms with E-state index in [4.69, 9.17) is 49.4 Å². The van der Waals surface area contributed by atoms with Crippen molar-refractivity contribution in [2.24, 2.45) is 41.4 Å². The fourth-order valence-corrected chi connectivity index (χ4v) is 61.9. The number of nitrogens with zero attached hydrogens (tertiary/aromatic N) is 1. The van der Waals surface area contributed by atoms with Gasteiger partial charge in [0.05, 0.1) is 11.9 Å². The molecule has 0 radical (unpaired) electrons. The zero-order chi connectivity index (χ0) is 46.2. The highest BCUT2D eigenvalue weighted by Gasteiger charge is 2.84. The summed E-state index contributed by atoms with van der Waals surface area (Å²) in [4.78, 5) is 3.45. The van der Waals surface area contributed by atoms with Gasteiger partial charge in [0.25, 0.3) is 0 Å². The Morgan fingerprint density at radius 1 is 0.413 bits per heavy atom. The number of hydrogen-bond acceptors (Lipinski definition) is 13. The minimum absolute atomic E-state index is 0.101. The first-order chi connectivity index (χ1) is 29.2. The minimum atomic E-state index is -4.14. The van der Waals surface area contributed by atoms with Gasteiger partial charge in [-0.05, 0) is 73.3 Å². The first-order valence-corrected chi connectivity index (χ1v) is 39.4. The monoisotopic (exact) mass is 1020 g/mol. The van der Waals surface area contributed by atoms with Crippen molar-refractivity contribution in [1.29, 1.82) is 0 Å². The average Bonchev–Trinajstić information content (AvgIpc) is 3.44. The summed E-state index contributed by atoms with van der Waals surface area (Å²) in [5.41, 5.74) is 4.91. The van der Waals surface area contributed by atoms with E-state index in [2.05, 4.69) is 147 Å². The molecule has 8 rings (SSSR count). The predicted octanol–water partition coefficient (Wildman–Crippen LogP) is 8.66. The molecule has 14 nitrogen and oxygen atoms in total. The Bertz CT molecular complexity index is 1670. The zero-order valence-electron chi connectivity index (χ0n) is 41.6. The van der Waals surface area contributed by atoms with Crippen molar-refractivity contribution in [3.05, 3.63) is 41.2 Å². The summed E-state index contributed by atoms with van der Waals surface area (Å²) in [5.74, 6) is 0.770. The van der Waals surface area contributed by atoms with Gasteiger partial charge in [-0.3, -0.25) is 9.80 Å². The van der Waals surface area contributed by atoms with Gasteiger partial charge in [-0.1, -0.05) is 115 Å². The summed E-state index contributed by atoms with van der Waals surface area (Å²) in [6.45, 7) is 37.8. The van der Waals surface area contributed by atoms with Crippen molar-refractivity contribution >= 4 is 76.1 Å². The van der Waals surface area contributed by atoms with Crippen LogP contribution in [0.5, 0.6) is 0 Å². The summed E-state index contributed by atoms with van der Waals surface area (Å²) in [6.07, 6.45) is 4.74.